The van der Waals surface area contributed by atoms with Crippen molar-refractivity contribution < 1.29 is 14.3 Å². The summed E-state index contributed by atoms with van der Waals surface area (Å²) in [6.45, 7) is 2.77. The van der Waals surface area contributed by atoms with E-state index in [9.17, 15) is 9.59 Å². The van der Waals surface area contributed by atoms with Crippen LogP contribution in [0.1, 0.15) is 58.3 Å². The molecule has 0 aliphatic rings. The number of carbonyl (C=O) groups is 2. The molecule has 0 aliphatic carbocycles. The molecule has 0 atom stereocenters. The van der Waals surface area contributed by atoms with E-state index in [1.165, 1.54) is 0 Å². The van der Waals surface area contributed by atoms with Gasteiger partial charge in [0.15, 0.2) is 0 Å². The van der Waals surface area contributed by atoms with Gasteiger partial charge in [-0.05, 0) is 19.3 Å². The van der Waals surface area contributed by atoms with Crippen LogP contribution in [-0.2, 0) is 14.3 Å². The van der Waals surface area contributed by atoms with Crippen LogP contribution in [0.3, 0.4) is 0 Å². The highest BCUT2D eigenvalue weighted by Gasteiger charge is 2.06. The summed E-state index contributed by atoms with van der Waals surface area (Å²) in [7, 11) is 1.66. The van der Waals surface area contributed by atoms with Crippen LogP contribution in [0.15, 0.2) is 0 Å². The molecule has 0 heterocycles. The topological polar surface area (TPSA) is 43.4 Å². The first-order valence-corrected chi connectivity index (χ1v) is 6.23. The lowest BCUT2D eigenvalue weighted by Crippen LogP contribution is -2.04. The molecule has 0 aromatic heterocycles. The van der Waals surface area contributed by atoms with Crippen LogP contribution in [0.4, 0.5) is 0 Å². The van der Waals surface area contributed by atoms with Gasteiger partial charge < -0.3 is 4.74 Å². The molecule has 3 heteroatoms. The Hall–Kier alpha value is -0.700. The standard InChI is InChI=1S/C13H24O3/c1-3-4-7-12(14)9-10-13(15)8-5-6-11-16-2/h3-11H2,1-2H3. The van der Waals surface area contributed by atoms with Crippen molar-refractivity contribution in [3.05, 3.63) is 0 Å². The molecule has 94 valence electrons. The Balaban J connectivity index is 3.38. The fourth-order valence-electron chi connectivity index (χ4n) is 1.47. The molecule has 0 unspecified atom stereocenters. The number of rotatable bonds is 11. The van der Waals surface area contributed by atoms with Gasteiger partial charge in [-0.3, -0.25) is 9.59 Å². The summed E-state index contributed by atoms with van der Waals surface area (Å²) in [4.78, 5) is 22.7. The summed E-state index contributed by atoms with van der Waals surface area (Å²) in [6, 6.07) is 0. The van der Waals surface area contributed by atoms with Crippen LogP contribution in [-0.4, -0.2) is 25.3 Å². The zero-order valence-electron chi connectivity index (χ0n) is 10.6. The molecule has 0 aliphatic heterocycles. The van der Waals surface area contributed by atoms with Gasteiger partial charge in [0.1, 0.15) is 11.6 Å². The van der Waals surface area contributed by atoms with E-state index >= 15 is 0 Å². The molecular weight excluding hydrogens is 204 g/mol. The van der Waals surface area contributed by atoms with Gasteiger partial charge in [0.25, 0.3) is 0 Å². The summed E-state index contributed by atoms with van der Waals surface area (Å²) in [5, 5.41) is 0. The second-order valence-electron chi connectivity index (χ2n) is 4.13. The quantitative estimate of drug-likeness (QED) is 0.511. The minimum atomic E-state index is 0.209. The van der Waals surface area contributed by atoms with Crippen LogP contribution in [0.5, 0.6) is 0 Å². The predicted molar refractivity (Wildman–Crippen MR) is 64.5 cm³/mol. The third kappa shape index (κ3) is 9.84. The first-order valence-electron chi connectivity index (χ1n) is 6.23. The second kappa shape index (κ2) is 10.8. The molecule has 0 bridgehead atoms. The van der Waals surface area contributed by atoms with Crippen molar-refractivity contribution in [2.24, 2.45) is 0 Å². The lowest BCUT2D eigenvalue weighted by Gasteiger charge is -2.01. The van der Waals surface area contributed by atoms with Gasteiger partial charge in [-0.15, -0.1) is 0 Å². The highest BCUT2D eigenvalue weighted by Crippen LogP contribution is 2.05. The molecule has 0 fully saturated rings. The molecule has 3 nitrogen and oxygen atoms in total. The van der Waals surface area contributed by atoms with Crippen LogP contribution in [0.25, 0.3) is 0 Å². The van der Waals surface area contributed by atoms with Gasteiger partial charge in [-0.1, -0.05) is 13.3 Å². The summed E-state index contributed by atoms with van der Waals surface area (Å²) < 4.78 is 4.90. The van der Waals surface area contributed by atoms with Gasteiger partial charge >= 0.3 is 0 Å². The van der Waals surface area contributed by atoms with Gasteiger partial charge in [-0.2, -0.15) is 0 Å². The number of hydrogen-bond acceptors (Lipinski definition) is 3. The Morgan fingerprint density at radius 2 is 1.44 bits per heavy atom. The predicted octanol–water partition coefficient (Wildman–Crippen LogP) is 2.91. The first kappa shape index (κ1) is 15.3. The number of ether oxygens (including phenoxy) is 1. The van der Waals surface area contributed by atoms with E-state index in [0.29, 0.717) is 32.3 Å². The number of hydrogen-bond donors (Lipinski definition) is 0. The highest BCUT2D eigenvalue weighted by atomic mass is 16.5. The van der Waals surface area contributed by atoms with Crippen molar-refractivity contribution in [1.82, 2.24) is 0 Å². The maximum atomic E-state index is 11.4. The molecule has 0 saturated heterocycles. The Morgan fingerprint density at radius 3 is 1.94 bits per heavy atom. The summed E-state index contributed by atoms with van der Waals surface area (Å²) in [5.74, 6) is 0.438. The van der Waals surface area contributed by atoms with E-state index in [1.807, 2.05) is 0 Å². The monoisotopic (exact) mass is 228 g/mol. The average Bonchev–Trinajstić information content (AvgIpc) is 2.29. The van der Waals surface area contributed by atoms with Crippen LogP contribution in [0.2, 0.25) is 0 Å². The van der Waals surface area contributed by atoms with Crippen molar-refractivity contribution in [3.63, 3.8) is 0 Å². The average molecular weight is 228 g/mol. The lowest BCUT2D eigenvalue weighted by atomic mass is 10.0. The highest BCUT2D eigenvalue weighted by molar-refractivity contribution is 5.85. The molecule has 16 heavy (non-hydrogen) atoms. The molecule has 0 saturated carbocycles. The Bertz CT molecular complexity index is 199. The van der Waals surface area contributed by atoms with E-state index < -0.39 is 0 Å². The molecule has 0 rings (SSSR count). The van der Waals surface area contributed by atoms with Gasteiger partial charge in [0.05, 0.1) is 0 Å². The number of unbranched alkanes of at least 4 members (excludes halogenated alkanes) is 2. The number of Topliss-reactive ketones (excluding diaryl/α,β-unsaturated/α-hetero) is 2. The first-order chi connectivity index (χ1) is 7.70. The number of methoxy groups -OCH3 is 1. The van der Waals surface area contributed by atoms with E-state index in [-0.39, 0.29) is 11.6 Å². The zero-order valence-corrected chi connectivity index (χ0v) is 10.6. The van der Waals surface area contributed by atoms with Gasteiger partial charge in [0.2, 0.25) is 0 Å². The molecule has 0 spiro atoms. The maximum absolute atomic E-state index is 11.4. The number of carbonyl (C=O) groups excluding carboxylic acids is 2. The molecular formula is C13H24O3. The second-order valence-corrected chi connectivity index (χ2v) is 4.13. The molecule has 0 amide bonds. The van der Waals surface area contributed by atoms with E-state index in [0.717, 1.165) is 25.7 Å². The lowest BCUT2D eigenvalue weighted by molar-refractivity contribution is -0.124. The van der Waals surface area contributed by atoms with Crippen molar-refractivity contribution >= 4 is 11.6 Å². The third-order valence-electron chi connectivity index (χ3n) is 2.55. The molecule has 0 aromatic rings. The zero-order chi connectivity index (χ0) is 12.2. The summed E-state index contributed by atoms with van der Waals surface area (Å²) in [6.07, 6.45) is 5.86. The van der Waals surface area contributed by atoms with Gasteiger partial charge in [-0.25, -0.2) is 0 Å². The molecule has 0 aromatic carbocycles. The summed E-state index contributed by atoms with van der Waals surface area (Å²) >= 11 is 0. The summed E-state index contributed by atoms with van der Waals surface area (Å²) in [5.41, 5.74) is 0. The Kier molecular flexibility index (Phi) is 10.3. The van der Waals surface area contributed by atoms with Crippen LogP contribution < -0.4 is 0 Å². The SMILES string of the molecule is CCCCC(=O)CCC(=O)CCCCOC. The normalized spacial score (nSPS) is 10.4. The van der Waals surface area contributed by atoms with E-state index in [4.69, 9.17) is 4.74 Å². The number of ketones is 2. The van der Waals surface area contributed by atoms with Crippen LogP contribution >= 0.6 is 0 Å². The minimum absolute atomic E-state index is 0.209. The van der Waals surface area contributed by atoms with Crippen LogP contribution in [0, 0.1) is 0 Å². The van der Waals surface area contributed by atoms with E-state index in [1.54, 1.807) is 7.11 Å². The largest absolute Gasteiger partial charge is 0.385 e. The minimum Gasteiger partial charge on any atom is -0.385 e. The fraction of sp³-hybridized carbons (Fsp3) is 0.846. The maximum Gasteiger partial charge on any atom is 0.133 e. The smallest absolute Gasteiger partial charge is 0.133 e. The Labute approximate surface area is 98.6 Å². The third-order valence-corrected chi connectivity index (χ3v) is 2.55. The van der Waals surface area contributed by atoms with Crippen molar-refractivity contribution in [3.8, 4) is 0 Å². The van der Waals surface area contributed by atoms with E-state index in [2.05, 4.69) is 6.92 Å². The fourth-order valence-corrected chi connectivity index (χ4v) is 1.47. The molecule has 0 N–H and O–H groups in total. The van der Waals surface area contributed by atoms with Crippen molar-refractivity contribution in [2.75, 3.05) is 13.7 Å². The Morgan fingerprint density at radius 1 is 0.875 bits per heavy atom. The van der Waals surface area contributed by atoms with Gasteiger partial charge in [0, 0.05) is 39.4 Å². The van der Waals surface area contributed by atoms with Crippen molar-refractivity contribution in [2.45, 2.75) is 58.3 Å². The van der Waals surface area contributed by atoms with Crippen molar-refractivity contribution in [1.29, 1.82) is 0 Å². The molecule has 0 radical (unpaired) electrons.